The van der Waals surface area contributed by atoms with Crippen LogP contribution in [-0.2, 0) is 0 Å². The molecule has 0 unspecified atom stereocenters. The van der Waals surface area contributed by atoms with E-state index in [0.717, 1.165) is 25.7 Å². The summed E-state index contributed by atoms with van der Waals surface area (Å²) in [4.78, 5) is 15.8. The Bertz CT molecular complexity index is 417. The van der Waals surface area contributed by atoms with Gasteiger partial charge in [-0.2, -0.15) is 0 Å². The van der Waals surface area contributed by atoms with Gasteiger partial charge in [-0.3, -0.25) is 9.78 Å². The molecule has 2 rings (SSSR count). The first-order chi connectivity index (χ1) is 8.66. The van der Waals surface area contributed by atoms with Crippen LogP contribution >= 0.6 is 23.2 Å². The molecular formula is C13H16Cl2N2O. The number of nitrogens with one attached hydrogen (secondary N) is 1. The Hall–Kier alpha value is -0.800. The number of carbonyl (C=O) groups is 1. The lowest BCUT2D eigenvalue weighted by molar-refractivity contribution is 0.0944. The fourth-order valence-corrected chi connectivity index (χ4v) is 2.67. The molecule has 3 nitrogen and oxygen atoms in total. The van der Waals surface area contributed by atoms with Gasteiger partial charge in [-0.15, -0.1) is 11.6 Å². The Balaban J connectivity index is 1.84. The molecule has 1 aliphatic rings. The highest BCUT2D eigenvalue weighted by Crippen LogP contribution is 2.27. The number of nitrogens with zero attached hydrogens (tertiary/aromatic N) is 1. The summed E-state index contributed by atoms with van der Waals surface area (Å²) in [5.74, 6) is 0.403. The van der Waals surface area contributed by atoms with Crippen molar-refractivity contribution in [3.05, 3.63) is 29.0 Å². The molecule has 1 aliphatic carbocycles. The Morgan fingerprint density at radius 1 is 1.39 bits per heavy atom. The number of halogens is 2. The highest BCUT2D eigenvalue weighted by atomic mass is 35.5. The standard InChI is InChI=1S/C13H16Cl2N2O/c14-10-3-1-9(2-4-10)7-17-13(18)11-5-6-16-8-12(11)15/h5-6,8-10H,1-4,7H2,(H,17,18). The Labute approximate surface area is 117 Å². The fourth-order valence-electron chi connectivity index (χ4n) is 2.22. The lowest BCUT2D eigenvalue weighted by Gasteiger charge is -2.25. The Morgan fingerprint density at radius 3 is 2.78 bits per heavy atom. The van der Waals surface area contributed by atoms with Crippen molar-refractivity contribution < 1.29 is 4.79 Å². The van der Waals surface area contributed by atoms with E-state index in [4.69, 9.17) is 23.2 Å². The summed E-state index contributed by atoms with van der Waals surface area (Å²) in [7, 11) is 0. The predicted octanol–water partition coefficient (Wildman–Crippen LogP) is 3.26. The number of hydrogen-bond donors (Lipinski definition) is 1. The molecule has 5 heteroatoms. The van der Waals surface area contributed by atoms with Gasteiger partial charge >= 0.3 is 0 Å². The minimum atomic E-state index is -0.129. The van der Waals surface area contributed by atoms with Crippen LogP contribution in [0.3, 0.4) is 0 Å². The van der Waals surface area contributed by atoms with Crippen LogP contribution < -0.4 is 5.32 Å². The lowest BCUT2D eigenvalue weighted by Crippen LogP contribution is -2.31. The minimum Gasteiger partial charge on any atom is -0.352 e. The van der Waals surface area contributed by atoms with Gasteiger partial charge in [0.1, 0.15) is 0 Å². The van der Waals surface area contributed by atoms with Gasteiger partial charge in [0.2, 0.25) is 0 Å². The van der Waals surface area contributed by atoms with Crippen LogP contribution in [0, 0.1) is 5.92 Å². The molecule has 1 amide bonds. The van der Waals surface area contributed by atoms with E-state index in [1.165, 1.54) is 6.20 Å². The van der Waals surface area contributed by atoms with Crippen LogP contribution in [0.2, 0.25) is 5.02 Å². The molecule has 0 saturated heterocycles. The molecule has 1 N–H and O–H groups in total. The molecule has 18 heavy (non-hydrogen) atoms. The molecule has 1 aromatic heterocycles. The maximum Gasteiger partial charge on any atom is 0.252 e. The van der Waals surface area contributed by atoms with E-state index in [1.807, 2.05) is 0 Å². The molecule has 1 aromatic rings. The third-order valence-corrected chi connectivity index (χ3v) is 4.08. The van der Waals surface area contributed by atoms with Crippen molar-refractivity contribution in [1.29, 1.82) is 0 Å². The van der Waals surface area contributed by atoms with E-state index in [9.17, 15) is 4.79 Å². The summed E-state index contributed by atoms with van der Waals surface area (Å²) >= 11 is 12.0. The molecule has 0 radical (unpaired) electrons. The van der Waals surface area contributed by atoms with Gasteiger partial charge in [0.05, 0.1) is 10.6 Å². The maximum absolute atomic E-state index is 11.9. The van der Waals surface area contributed by atoms with Gasteiger partial charge in [0.15, 0.2) is 0 Å². The summed E-state index contributed by atoms with van der Waals surface area (Å²) in [6.07, 6.45) is 7.29. The van der Waals surface area contributed by atoms with Crippen molar-refractivity contribution in [1.82, 2.24) is 10.3 Å². The highest BCUT2D eigenvalue weighted by molar-refractivity contribution is 6.33. The third kappa shape index (κ3) is 3.59. The first kappa shape index (κ1) is 13.6. The minimum absolute atomic E-state index is 0.129. The molecule has 0 bridgehead atoms. The van der Waals surface area contributed by atoms with Crippen molar-refractivity contribution in [3.8, 4) is 0 Å². The molecule has 0 spiro atoms. The van der Waals surface area contributed by atoms with Crippen LogP contribution in [0.4, 0.5) is 0 Å². The van der Waals surface area contributed by atoms with Crippen molar-refractivity contribution in [2.75, 3.05) is 6.54 Å². The van der Waals surface area contributed by atoms with E-state index in [0.29, 0.717) is 28.4 Å². The molecule has 1 saturated carbocycles. The fraction of sp³-hybridized carbons (Fsp3) is 0.538. The summed E-state index contributed by atoms with van der Waals surface area (Å²) in [6.45, 7) is 0.696. The SMILES string of the molecule is O=C(NCC1CCC(Cl)CC1)c1ccncc1Cl. The van der Waals surface area contributed by atoms with E-state index < -0.39 is 0 Å². The van der Waals surface area contributed by atoms with Crippen molar-refractivity contribution in [3.63, 3.8) is 0 Å². The van der Waals surface area contributed by atoms with Crippen molar-refractivity contribution in [2.24, 2.45) is 5.92 Å². The molecule has 1 fully saturated rings. The van der Waals surface area contributed by atoms with Crippen LogP contribution in [0.15, 0.2) is 18.5 Å². The van der Waals surface area contributed by atoms with E-state index >= 15 is 0 Å². The van der Waals surface area contributed by atoms with Crippen LogP contribution in [0.5, 0.6) is 0 Å². The van der Waals surface area contributed by atoms with Gasteiger partial charge in [-0.25, -0.2) is 0 Å². The maximum atomic E-state index is 11.9. The van der Waals surface area contributed by atoms with Gasteiger partial charge in [-0.05, 0) is 37.7 Å². The molecular weight excluding hydrogens is 271 g/mol. The zero-order chi connectivity index (χ0) is 13.0. The Morgan fingerprint density at radius 2 is 2.11 bits per heavy atom. The van der Waals surface area contributed by atoms with Gasteiger partial charge in [0, 0.05) is 24.3 Å². The summed E-state index contributed by atoms with van der Waals surface area (Å²) < 4.78 is 0. The topological polar surface area (TPSA) is 42.0 Å². The van der Waals surface area contributed by atoms with Crippen LogP contribution in [-0.4, -0.2) is 22.8 Å². The average Bonchev–Trinajstić information content (AvgIpc) is 2.38. The van der Waals surface area contributed by atoms with Gasteiger partial charge in [-0.1, -0.05) is 11.6 Å². The van der Waals surface area contributed by atoms with E-state index in [2.05, 4.69) is 10.3 Å². The largest absolute Gasteiger partial charge is 0.352 e. The summed E-state index contributed by atoms with van der Waals surface area (Å²) in [5, 5.41) is 3.63. The van der Waals surface area contributed by atoms with Crippen LogP contribution in [0.1, 0.15) is 36.0 Å². The number of aromatic nitrogens is 1. The highest BCUT2D eigenvalue weighted by Gasteiger charge is 2.20. The second kappa shape index (κ2) is 6.39. The zero-order valence-electron chi connectivity index (χ0n) is 10.0. The number of pyridine rings is 1. The quantitative estimate of drug-likeness (QED) is 0.867. The normalized spacial score (nSPS) is 23.7. The third-order valence-electron chi connectivity index (χ3n) is 3.34. The number of amides is 1. The van der Waals surface area contributed by atoms with E-state index in [1.54, 1.807) is 12.3 Å². The molecule has 98 valence electrons. The molecule has 1 heterocycles. The first-order valence-corrected chi connectivity index (χ1v) is 7.00. The van der Waals surface area contributed by atoms with E-state index in [-0.39, 0.29) is 5.91 Å². The smallest absolute Gasteiger partial charge is 0.252 e. The monoisotopic (exact) mass is 286 g/mol. The summed E-state index contributed by atoms with van der Waals surface area (Å²) in [6, 6.07) is 1.63. The zero-order valence-corrected chi connectivity index (χ0v) is 11.5. The number of rotatable bonds is 3. The molecule has 0 aliphatic heterocycles. The van der Waals surface area contributed by atoms with Crippen molar-refractivity contribution in [2.45, 2.75) is 31.1 Å². The predicted molar refractivity (Wildman–Crippen MR) is 73.2 cm³/mol. The second-order valence-electron chi connectivity index (χ2n) is 4.68. The number of hydrogen-bond acceptors (Lipinski definition) is 2. The number of carbonyl (C=O) groups excluding carboxylic acids is 1. The summed E-state index contributed by atoms with van der Waals surface area (Å²) in [5.41, 5.74) is 0.484. The average molecular weight is 287 g/mol. The number of alkyl halides is 1. The Kier molecular flexibility index (Phi) is 4.84. The van der Waals surface area contributed by atoms with Crippen LogP contribution in [0.25, 0.3) is 0 Å². The van der Waals surface area contributed by atoms with Crippen molar-refractivity contribution >= 4 is 29.1 Å². The first-order valence-electron chi connectivity index (χ1n) is 6.18. The van der Waals surface area contributed by atoms with Gasteiger partial charge in [0.25, 0.3) is 5.91 Å². The molecule has 0 atom stereocenters. The van der Waals surface area contributed by atoms with Gasteiger partial charge < -0.3 is 5.32 Å². The molecule has 0 aromatic carbocycles. The lowest BCUT2D eigenvalue weighted by atomic mass is 9.89. The second-order valence-corrected chi connectivity index (χ2v) is 5.71.